The van der Waals surface area contributed by atoms with Crippen LogP contribution in [0.25, 0.3) is 0 Å². The molecule has 0 saturated carbocycles. The first kappa shape index (κ1) is 10.0. The highest BCUT2D eigenvalue weighted by Crippen LogP contribution is 2.20. The van der Waals surface area contributed by atoms with Crippen LogP contribution in [0.5, 0.6) is 0 Å². The maximum Gasteiger partial charge on any atom is 0.310 e. The van der Waals surface area contributed by atoms with E-state index in [0.29, 0.717) is 13.0 Å². The highest BCUT2D eigenvalue weighted by Gasteiger charge is 2.08. The van der Waals surface area contributed by atoms with Crippen LogP contribution in [-0.2, 0) is 9.53 Å². The quantitative estimate of drug-likeness (QED) is 0.491. The molecule has 0 aromatic heterocycles. The van der Waals surface area contributed by atoms with Crippen LogP contribution in [0, 0.1) is 0 Å². The number of carbonyl (C=O) groups is 1. The molecule has 1 aliphatic rings. The molecule has 0 aromatic rings. The predicted molar refractivity (Wildman–Crippen MR) is 52.3 cm³/mol. The second-order valence-electron chi connectivity index (χ2n) is 3.26. The van der Waals surface area contributed by atoms with E-state index in [0.717, 1.165) is 12.8 Å². The van der Waals surface area contributed by atoms with Gasteiger partial charge in [-0.15, -0.1) is 0 Å². The normalized spacial score (nSPS) is 16.2. The molecule has 0 atom stereocenters. The van der Waals surface area contributed by atoms with Gasteiger partial charge in [0.05, 0.1) is 6.42 Å². The summed E-state index contributed by atoms with van der Waals surface area (Å²) < 4.78 is 4.90. The molecule has 0 aliphatic heterocycles. The van der Waals surface area contributed by atoms with Crippen molar-refractivity contribution >= 4 is 5.97 Å². The second kappa shape index (κ2) is 5.57. The van der Waals surface area contributed by atoms with Crippen LogP contribution in [0.2, 0.25) is 0 Å². The van der Waals surface area contributed by atoms with Crippen molar-refractivity contribution in [3.8, 4) is 0 Å². The van der Waals surface area contributed by atoms with E-state index >= 15 is 0 Å². The molecule has 0 radical (unpaired) electrons. The predicted octanol–water partition coefficient (Wildman–Crippen LogP) is 2.61. The Kier molecular flexibility index (Phi) is 4.30. The Balaban J connectivity index is 2.26. The van der Waals surface area contributed by atoms with Gasteiger partial charge in [0.2, 0.25) is 0 Å². The molecule has 0 fully saturated rings. The van der Waals surface area contributed by atoms with E-state index in [-0.39, 0.29) is 5.97 Å². The molecule has 0 spiro atoms. The Morgan fingerprint density at radius 1 is 1.62 bits per heavy atom. The molecule has 0 unspecified atom stereocenters. The van der Waals surface area contributed by atoms with E-state index in [4.69, 9.17) is 4.74 Å². The summed E-state index contributed by atoms with van der Waals surface area (Å²) in [6.07, 6.45) is 8.86. The Labute approximate surface area is 79.3 Å². The molecule has 1 aliphatic carbocycles. The molecule has 1 rings (SSSR count). The van der Waals surface area contributed by atoms with E-state index in [9.17, 15) is 4.79 Å². The topological polar surface area (TPSA) is 26.3 Å². The zero-order valence-electron chi connectivity index (χ0n) is 7.92. The summed E-state index contributed by atoms with van der Waals surface area (Å²) in [7, 11) is 0. The molecule has 2 heteroatoms. The molecule has 0 bridgehead atoms. The van der Waals surface area contributed by atoms with Gasteiger partial charge in [0.15, 0.2) is 0 Å². The fourth-order valence-electron chi connectivity index (χ4n) is 1.45. The minimum absolute atomic E-state index is 0.131. The zero-order valence-corrected chi connectivity index (χ0v) is 7.92. The van der Waals surface area contributed by atoms with Gasteiger partial charge in [0.1, 0.15) is 6.61 Å². The van der Waals surface area contributed by atoms with E-state index < -0.39 is 0 Å². The molecule has 2 nitrogen and oxygen atoms in total. The van der Waals surface area contributed by atoms with Crippen LogP contribution in [-0.4, -0.2) is 12.6 Å². The lowest BCUT2D eigenvalue weighted by atomic mass is 9.97. The van der Waals surface area contributed by atoms with Crippen LogP contribution in [0.1, 0.15) is 32.1 Å². The summed E-state index contributed by atoms with van der Waals surface area (Å²) in [5.74, 6) is -0.131. The average Bonchev–Trinajstić information content (AvgIpc) is 2.16. The van der Waals surface area contributed by atoms with Gasteiger partial charge in [-0.25, -0.2) is 0 Å². The number of ether oxygens (including phenoxy) is 1. The monoisotopic (exact) mass is 180 g/mol. The van der Waals surface area contributed by atoms with E-state index in [1.807, 2.05) is 0 Å². The van der Waals surface area contributed by atoms with Crippen LogP contribution in [0.3, 0.4) is 0 Å². The van der Waals surface area contributed by atoms with Gasteiger partial charge in [-0.2, -0.15) is 0 Å². The highest BCUT2D eigenvalue weighted by atomic mass is 16.5. The van der Waals surface area contributed by atoms with Crippen molar-refractivity contribution < 1.29 is 9.53 Å². The van der Waals surface area contributed by atoms with Crippen LogP contribution >= 0.6 is 0 Å². The van der Waals surface area contributed by atoms with Gasteiger partial charge in [0, 0.05) is 0 Å². The first-order valence-corrected chi connectivity index (χ1v) is 4.77. The summed E-state index contributed by atoms with van der Waals surface area (Å²) in [4.78, 5) is 11.2. The average molecular weight is 180 g/mol. The summed E-state index contributed by atoms with van der Waals surface area (Å²) in [5, 5.41) is 0. The fraction of sp³-hybridized carbons (Fsp3) is 0.545. The second-order valence-corrected chi connectivity index (χ2v) is 3.26. The van der Waals surface area contributed by atoms with Gasteiger partial charge in [-0.05, 0) is 25.7 Å². The van der Waals surface area contributed by atoms with Gasteiger partial charge in [-0.1, -0.05) is 24.3 Å². The molecule has 0 amide bonds. The SMILES string of the molecule is C=CCOC(=O)CC1=CCCCC1. The molecular weight excluding hydrogens is 164 g/mol. The number of allylic oxidation sites excluding steroid dienone is 1. The molecule has 13 heavy (non-hydrogen) atoms. The van der Waals surface area contributed by atoms with Gasteiger partial charge < -0.3 is 4.74 Å². The Hall–Kier alpha value is -1.05. The summed E-state index contributed by atoms with van der Waals surface area (Å²) in [6.45, 7) is 3.81. The molecular formula is C11H16O2. The smallest absolute Gasteiger partial charge is 0.310 e. The minimum Gasteiger partial charge on any atom is -0.461 e. The third-order valence-corrected chi connectivity index (χ3v) is 2.12. The third kappa shape index (κ3) is 3.92. The van der Waals surface area contributed by atoms with E-state index in [1.165, 1.54) is 18.4 Å². The molecule has 0 N–H and O–H groups in total. The van der Waals surface area contributed by atoms with Crippen molar-refractivity contribution in [1.82, 2.24) is 0 Å². The van der Waals surface area contributed by atoms with Crippen LogP contribution in [0.4, 0.5) is 0 Å². The van der Waals surface area contributed by atoms with E-state index in [1.54, 1.807) is 6.08 Å². The lowest BCUT2D eigenvalue weighted by molar-refractivity contribution is -0.141. The maximum absolute atomic E-state index is 11.2. The Morgan fingerprint density at radius 2 is 2.46 bits per heavy atom. The summed E-state index contributed by atoms with van der Waals surface area (Å²) >= 11 is 0. The fourth-order valence-corrected chi connectivity index (χ4v) is 1.45. The minimum atomic E-state index is -0.131. The lowest BCUT2D eigenvalue weighted by Gasteiger charge is -2.11. The van der Waals surface area contributed by atoms with Crippen LogP contribution in [0.15, 0.2) is 24.3 Å². The number of esters is 1. The first-order valence-electron chi connectivity index (χ1n) is 4.77. The molecule has 0 heterocycles. The number of rotatable bonds is 4. The van der Waals surface area contributed by atoms with Gasteiger partial charge in [0.25, 0.3) is 0 Å². The number of carbonyl (C=O) groups excluding carboxylic acids is 1. The highest BCUT2D eigenvalue weighted by molar-refractivity contribution is 5.72. The zero-order chi connectivity index (χ0) is 9.52. The lowest BCUT2D eigenvalue weighted by Crippen LogP contribution is -2.06. The van der Waals surface area contributed by atoms with Crippen LogP contribution < -0.4 is 0 Å². The largest absolute Gasteiger partial charge is 0.461 e. The Bertz CT molecular complexity index is 216. The summed E-state index contributed by atoms with van der Waals surface area (Å²) in [5.41, 5.74) is 1.24. The number of hydrogen-bond acceptors (Lipinski definition) is 2. The standard InChI is InChI=1S/C11H16O2/c1-2-8-13-11(12)9-10-6-4-3-5-7-10/h2,6H,1,3-5,7-9H2. The van der Waals surface area contributed by atoms with Crippen molar-refractivity contribution in [1.29, 1.82) is 0 Å². The first-order chi connectivity index (χ1) is 6.33. The maximum atomic E-state index is 11.2. The molecule has 72 valence electrons. The summed E-state index contributed by atoms with van der Waals surface area (Å²) in [6, 6.07) is 0. The van der Waals surface area contributed by atoms with Crippen molar-refractivity contribution in [3.05, 3.63) is 24.3 Å². The third-order valence-electron chi connectivity index (χ3n) is 2.12. The van der Waals surface area contributed by atoms with E-state index in [2.05, 4.69) is 12.7 Å². The number of hydrogen-bond donors (Lipinski definition) is 0. The van der Waals surface area contributed by atoms with Crippen molar-refractivity contribution in [3.63, 3.8) is 0 Å². The van der Waals surface area contributed by atoms with Gasteiger partial charge >= 0.3 is 5.97 Å². The Morgan fingerprint density at radius 3 is 3.08 bits per heavy atom. The van der Waals surface area contributed by atoms with Crippen molar-refractivity contribution in [2.45, 2.75) is 32.1 Å². The van der Waals surface area contributed by atoms with Crippen molar-refractivity contribution in [2.75, 3.05) is 6.61 Å². The van der Waals surface area contributed by atoms with Crippen molar-refractivity contribution in [2.24, 2.45) is 0 Å². The molecule has 0 saturated heterocycles. The van der Waals surface area contributed by atoms with Gasteiger partial charge in [-0.3, -0.25) is 4.79 Å². The molecule has 0 aromatic carbocycles.